The summed E-state index contributed by atoms with van der Waals surface area (Å²) in [5, 5.41) is 18.7. The predicted molar refractivity (Wildman–Crippen MR) is 98.1 cm³/mol. The molecule has 0 radical (unpaired) electrons. The number of carbonyl (C=O) groups excluding carboxylic acids is 2. The smallest absolute Gasteiger partial charge is 0.326 e. The lowest BCUT2D eigenvalue weighted by Crippen LogP contribution is -2.44. The van der Waals surface area contributed by atoms with Crippen LogP contribution in [-0.4, -0.2) is 63.5 Å². The number of carbonyl (C=O) groups is 3. The molecule has 7 heteroatoms. The lowest BCUT2D eigenvalue weighted by atomic mass is 9.76. The number of hydrogen-bond donors (Lipinski definition) is 2. The van der Waals surface area contributed by atoms with Crippen LogP contribution in [0.4, 0.5) is 0 Å². The molecule has 2 saturated heterocycles. The van der Waals surface area contributed by atoms with Gasteiger partial charge in [0.05, 0.1) is 0 Å². The van der Waals surface area contributed by atoms with E-state index in [-0.39, 0.29) is 23.0 Å². The van der Waals surface area contributed by atoms with E-state index in [1.807, 2.05) is 17.0 Å². The first kappa shape index (κ1) is 19.2. The molecule has 27 heavy (non-hydrogen) atoms. The molecule has 2 N–H and O–H groups in total. The van der Waals surface area contributed by atoms with Gasteiger partial charge in [0, 0.05) is 33.0 Å². The van der Waals surface area contributed by atoms with Crippen LogP contribution in [0.15, 0.2) is 24.3 Å². The molecule has 2 heterocycles. The molecule has 0 aliphatic carbocycles. The van der Waals surface area contributed by atoms with Crippen molar-refractivity contribution < 1.29 is 24.6 Å². The molecular weight excluding hydrogens is 348 g/mol. The van der Waals surface area contributed by atoms with Crippen LogP contribution in [0.5, 0.6) is 5.75 Å². The van der Waals surface area contributed by atoms with E-state index >= 15 is 0 Å². The van der Waals surface area contributed by atoms with Crippen LogP contribution in [-0.2, 0) is 20.8 Å². The van der Waals surface area contributed by atoms with Gasteiger partial charge < -0.3 is 20.0 Å². The van der Waals surface area contributed by atoms with E-state index in [0.29, 0.717) is 38.9 Å². The third-order valence-electron chi connectivity index (χ3n) is 5.94. The number of aromatic hydroxyl groups is 1. The fourth-order valence-corrected chi connectivity index (χ4v) is 4.27. The van der Waals surface area contributed by atoms with Crippen molar-refractivity contribution in [3.63, 3.8) is 0 Å². The van der Waals surface area contributed by atoms with Gasteiger partial charge in [0.25, 0.3) is 0 Å². The number of benzene rings is 1. The molecule has 7 nitrogen and oxygen atoms in total. The Morgan fingerprint density at radius 3 is 2.30 bits per heavy atom. The third kappa shape index (κ3) is 4.23. The van der Waals surface area contributed by atoms with Gasteiger partial charge in [-0.3, -0.25) is 9.59 Å². The normalized spacial score (nSPS) is 21.4. The van der Waals surface area contributed by atoms with E-state index in [0.717, 1.165) is 18.4 Å². The summed E-state index contributed by atoms with van der Waals surface area (Å²) in [5.74, 6) is -0.850. The number of nitrogens with zero attached hydrogens (tertiary/aromatic N) is 2. The zero-order valence-electron chi connectivity index (χ0n) is 15.6. The number of carboxylic acids is 1. The summed E-state index contributed by atoms with van der Waals surface area (Å²) in [6.07, 6.45) is 2.96. The Balaban J connectivity index is 1.53. The summed E-state index contributed by atoms with van der Waals surface area (Å²) in [6, 6.07) is 6.11. The Morgan fingerprint density at radius 1 is 1.15 bits per heavy atom. The summed E-state index contributed by atoms with van der Waals surface area (Å²) < 4.78 is 0. The second kappa shape index (κ2) is 7.58. The number of phenols is 1. The first-order valence-electron chi connectivity index (χ1n) is 9.35. The largest absolute Gasteiger partial charge is 0.508 e. The van der Waals surface area contributed by atoms with Gasteiger partial charge in [0.15, 0.2) is 0 Å². The van der Waals surface area contributed by atoms with E-state index in [9.17, 15) is 24.6 Å². The van der Waals surface area contributed by atoms with Gasteiger partial charge in [0.2, 0.25) is 11.8 Å². The summed E-state index contributed by atoms with van der Waals surface area (Å²) >= 11 is 0. The maximum atomic E-state index is 12.5. The van der Waals surface area contributed by atoms with E-state index in [4.69, 9.17) is 0 Å². The fourth-order valence-electron chi connectivity index (χ4n) is 4.27. The molecule has 2 amide bonds. The molecule has 146 valence electrons. The second-order valence-electron chi connectivity index (χ2n) is 7.75. The molecule has 0 bridgehead atoms. The van der Waals surface area contributed by atoms with E-state index in [1.54, 1.807) is 12.1 Å². The summed E-state index contributed by atoms with van der Waals surface area (Å²) in [7, 11) is 0. The Labute approximate surface area is 158 Å². The summed E-state index contributed by atoms with van der Waals surface area (Å²) in [4.78, 5) is 39.1. The Morgan fingerprint density at radius 2 is 1.78 bits per heavy atom. The molecule has 2 fully saturated rings. The number of likely N-dealkylation sites (tertiary alicyclic amines) is 2. The van der Waals surface area contributed by atoms with Crippen molar-refractivity contribution in [2.45, 2.75) is 45.1 Å². The quantitative estimate of drug-likeness (QED) is 0.835. The highest BCUT2D eigenvalue weighted by atomic mass is 16.4. The van der Waals surface area contributed by atoms with Crippen LogP contribution in [0.1, 0.15) is 38.2 Å². The number of rotatable bonds is 4. The minimum atomic E-state index is -0.950. The number of aliphatic carboxylic acids is 1. The molecule has 2 aliphatic rings. The van der Waals surface area contributed by atoms with Crippen molar-refractivity contribution in [2.24, 2.45) is 5.41 Å². The molecule has 1 spiro atoms. The van der Waals surface area contributed by atoms with Crippen LogP contribution in [0, 0.1) is 5.41 Å². The van der Waals surface area contributed by atoms with Crippen LogP contribution in [0.2, 0.25) is 0 Å². The van der Waals surface area contributed by atoms with Crippen molar-refractivity contribution in [1.29, 1.82) is 0 Å². The van der Waals surface area contributed by atoms with Crippen molar-refractivity contribution in [2.75, 3.05) is 19.6 Å². The minimum absolute atomic E-state index is 0.0918. The third-order valence-corrected chi connectivity index (χ3v) is 5.94. The Bertz CT molecular complexity index is 698. The zero-order chi connectivity index (χ0) is 19.6. The SMILES string of the molecule is CC(=O)N1CC2(CCN(C(=O)CCc3ccc(O)cc3)CC2)CC1C(=O)O. The molecule has 0 saturated carbocycles. The highest BCUT2D eigenvalue weighted by Gasteiger charge is 2.49. The lowest BCUT2D eigenvalue weighted by molar-refractivity contribution is -0.147. The molecule has 2 aliphatic heterocycles. The van der Waals surface area contributed by atoms with E-state index in [1.165, 1.54) is 11.8 Å². The molecule has 1 atom stereocenters. The van der Waals surface area contributed by atoms with Gasteiger partial charge in [-0.05, 0) is 48.8 Å². The van der Waals surface area contributed by atoms with E-state index in [2.05, 4.69) is 0 Å². The van der Waals surface area contributed by atoms with Crippen LogP contribution < -0.4 is 0 Å². The van der Waals surface area contributed by atoms with Crippen molar-refractivity contribution in [3.05, 3.63) is 29.8 Å². The van der Waals surface area contributed by atoms with Gasteiger partial charge in [-0.1, -0.05) is 12.1 Å². The first-order valence-corrected chi connectivity index (χ1v) is 9.35. The minimum Gasteiger partial charge on any atom is -0.508 e. The molecule has 0 aromatic heterocycles. The monoisotopic (exact) mass is 374 g/mol. The van der Waals surface area contributed by atoms with Crippen molar-refractivity contribution in [3.8, 4) is 5.75 Å². The number of amides is 2. The highest BCUT2D eigenvalue weighted by molar-refractivity contribution is 5.83. The molecule has 1 aromatic rings. The van der Waals surface area contributed by atoms with Crippen LogP contribution in [0.25, 0.3) is 0 Å². The van der Waals surface area contributed by atoms with Gasteiger partial charge in [-0.15, -0.1) is 0 Å². The van der Waals surface area contributed by atoms with Gasteiger partial charge >= 0.3 is 5.97 Å². The lowest BCUT2D eigenvalue weighted by Gasteiger charge is -2.39. The van der Waals surface area contributed by atoms with Crippen molar-refractivity contribution >= 4 is 17.8 Å². The number of hydrogen-bond acceptors (Lipinski definition) is 4. The topological polar surface area (TPSA) is 98.2 Å². The Kier molecular flexibility index (Phi) is 5.39. The van der Waals surface area contributed by atoms with Crippen LogP contribution >= 0.6 is 0 Å². The van der Waals surface area contributed by atoms with Gasteiger partial charge in [0.1, 0.15) is 11.8 Å². The molecule has 1 unspecified atom stereocenters. The number of carboxylic acid groups (broad SMARTS) is 1. The standard InChI is InChI=1S/C20H26N2O5/c1-14(23)22-13-20(12-17(22)19(26)27)8-10-21(11-9-20)18(25)7-4-15-2-5-16(24)6-3-15/h2-3,5-6,17,24H,4,7-13H2,1H3,(H,26,27). The predicted octanol–water partition coefficient (Wildman–Crippen LogP) is 1.64. The van der Waals surface area contributed by atoms with Crippen LogP contribution in [0.3, 0.4) is 0 Å². The number of phenolic OH excluding ortho intramolecular Hbond substituents is 1. The summed E-state index contributed by atoms with van der Waals surface area (Å²) in [5.41, 5.74) is 0.814. The average molecular weight is 374 g/mol. The highest BCUT2D eigenvalue weighted by Crippen LogP contribution is 2.43. The first-order chi connectivity index (χ1) is 12.8. The van der Waals surface area contributed by atoms with Gasteiger partial charge in [-0.25, -0.2) is 4.79 Å². The average Bonchev–Trinajstić information content (AvgIpc) is 3.01. The van der Waals surface area contributed by atoms with Gasteiger partial charge in [-0.2, -0.15) is 0 Å². The number of aryl methyl sites for hydroxylation is 1. The zero-order valence-corrected chi connectivity index (χ0v) is 15.6. The second-order valence-corrected chi connectivity index (χ2v) is 7.75. The van der Waals surface area contributed by atoms with E-state index < -0.39 is 12.0 Å². The number of piperidine rings is 1. The maximum absolute atomic E-state index is 12.5. The Hall–Kier alpha value is -2.57. The molecular formula is C20H26N2O5. The summed E-state index contributed by atoms with van der Waals surface area (Å²) in [6.45, 7) is 3.09. The van der Waals surface area contributed by atoms with Crippen molar-refractivity contribution in [1.82, 2.24) is 9.80 Å². The maximum Gasteiger partial charge on any atom is 0.326 e. The molecule has 3 rings (SSSR count). The fraction of sp³-hybridized carbons (Fsp3) is 0.550. The molecule has 1 aromatic carbocycles.